The minimum Gasteiger partial charge on any atom is -0.449 e. The van der Waals surface area contributed by atoms with Gasteiger partial charge in [0.25, 0.3) is 5.91 Å². The number of hydrogen-bond donors (Lipinski definition) is 2. The molecule has 1 saturated carbocycles. The highest BCUT2D eigenvalue weighted by Crippen LogP contribution is 2.18. The maximum absolute atomic E-state index is 12.3. The van der Waals surface area contributed by atoms with Gasteiger partial charge in [-0.1, -0.05) is 6.07 Å². The number of nitrogens with one attached hydrogen (secondary N) is 2. The molecule has 9 nitrogen and oxygen atoms in total. The number of rotatable bonds is 5. The van der Waals surface area contributed by atoms with E-state index in [2.05, 4.69) is 20.7 Å². The Bertz CT molecular complexity index is 829. The molecular formula is C17H19N5O4. The van der Waals surface area contributed by atoms with Crippen molar-refractivity contribution in [3.05, 3.63) is 41.9 Å². The van der Waals surface area contributed by atoms with Gasteiger partial charge in [-0.15, -0.1) is 0 Å². The highest BCUT2D eigenvalue weighted by atomic mass is 16.5. The number of pyridine rings is 1. The lowest BCUT2D eigenvalue weighted by Gasteiger charge is -2.13. The third-order valence-electron chi connectivity index (χ3n) is 3.90. The largest absolute Gasteiger partial charge is 0.449 e. The predicted molar refractivity (Wildman–Crippen MR) is 90.7 cm³/mol. The second kappa shape index (κ2) is 7.34. The molecule has 1 atom stereocenters. The highest BCUT2D eigenvalue weighted by molar-refractivity contribution is 5.98. The van der Waals surface area contributed by atoms with Crippen LogP contribution in [0.1, 0.15) is 35.8 Å². The lowest BCUT2D eigenvalue weighted by atomic mass is 10.2. The third kappa shape index (κ3) is 4.05. The lowest BCUT2D eigenvalue weighted by Crippen LogP contribution is -2.45. The van der Waals surface area contributed by atoms with Crippen molar-refractivity contribution in [2.75, 3.05) is 0 Å². The molecule has 2 heterocycles. The fraction of sp³-hybridized carbons (Fsp3) is 0.353. The summed E-state index contributed by atoms with van der Waals surface area (Å²) in [6, 6.07) is 4.88. The second-order valence-corrected chi connectivity index (χ2v) is 6.03. The minimum atomic E-state index is -1.12. The number of nitrogens with zero attached hydrogens (tertiary/aromatic N) is 3. The second-order valence-electron chi connectivity index (χ2n) is 6.03. The summed E-state index contributed by atoms with van der Waals surface area (Å²) in [6.45, 7) is 3.10. The van der Waals surface area contributed by atoms with Gasteiger partial charge in [0.2, 0.25) is 0 Å². The van der Waals surface area contributed by atoms with Crippen LogP contribution < -0.4 is 10.6 Å². The van der Waals surface area contributed by atoms with Gasteiger partial charge >= 0.3 is 12.0 Å². The first-order valence-corrected chi connectivity index (χ1v) is 8.24. The zero-order chi connectivity index (χ0) is 18.7. The van der Waals surface area contributed by atoms with Crippen LogP contribution >= 0.6 is 0 Å². The van der Waals surface area contributed by atoms with Crippen molar-refractivity contribution in [3.8, 4) is 5.82 Å². The zero-order valence-corrected chi connectivity index (χ0v) is 14.4. The Morgan fingerprint density at radius 3 is 2.73 bits per heavy atom. The molecule has 26 heavy (non-hydrogen) atoms. The predicted octanol–water partition coefficient (Wildman–Crippen LogP) is 1.11. The molecule has 1 aliphatic carbocycles. The molecule has 2 aromatic rings. The summed E-state index contributed by atoms with van der Waals surface area (Å²) in [5.41, 5.74) is 0.755. The zero-order valence-electron chi connectivity index (χ0n) is 14.4. The molecule has 1 aliphatic rings. The molecule has 2 aromatic heterocycles. The smallest absolute Gasteiger partial charge is 0.342 e. The number of ether oxygens (including phenoxy) is 1. The van der Waals surface area contributed by atoms with Crippen LogP contribution in [0.15, 0.2) is 30.6 Å². The van der Waals surface area contributed by atoms with Crippen molar-refractivity contribution in [1.29, 1.82) is 0 Å². The number of amides is 3. The standard InChI is InChI=1S/C17H19N5O4/c1-10-13(9-19-22(10)14-5-3-4-8-18-14)16(24)26-11(2)15(23)21-17(25)20-12-6-7-12/h3-5,8-9,11-12H,6-7H2,1-2H3,(H2,20,21,23,25). The first kappa shape index (κ1) is 17.6. The Morgan fingerprint density at radius 1 is 1.31 bits per heavy atom. The summed E-state index contributed by atoms with van der Waals surface area (Å²) >= 11 is 0. The van der Waals surface area contributed by atoms with E-state index in [1.165, 1.54) is 17.8 Å². The summed E-state index contributed by atoms with van der Waals surface area (Å²) < 4.78 is 6.65. The quantitative estimate of drug-likeness (QED) is 0.775. The first-order chi connectivity index (χ1) is 12.5. The molecule has 0 bridgehead atoms. The molecule has 0 aromatic carbocycles. The van der Waals surface area contributed by atoms with Crippen molar-refractivity contribution in [2.24, 2.45) is 0 Å². The van der Waals surface area contributed by atoms with E-state index in [-0.39, 0.29) is 11.6 Å². The lowest BCUT2D eigenvalue weighted by molar-refractivity contribution is -0.127. The molecule has 1 unspecified atom stereocenters. The van der Waals surface area contributed by atoms with Crippen LogP contribution in [0.3, 0.4) is 0 Å². The van der Waals surface area contributed by atoms with Gasteiger partial charge in [0.1, 0.15) is 5.56 Å². The van der Waals surface area contributed by atoms with Gasteiger partial charge in [0, 0.05) is 12.2 Å². The monoisotopic (exact) mass is 357 g/mol. The van der Waals surface area contributed by atoms with Gasteiger partial charge in [-0.2, -0.15) is 5.10 Å². The Kier molecular flexibility index (Phi) is 4.97. The topological polar surface area (TPSA) is 115 Å². The van der Waals surface area contributed by atoms with E-state index in [0.717, 1.165) is 12.8 Å². The van der Waals surface area contributed by atoms with E-state index in [0.29, 0.717) is 11.5 Å². The molecule has 0 radical (unpaired) electrons. The number of esters is 1. The van der Waals surface area contributed by atoms with E-state index < -0.39 is 24.0 Å². The molecular weight excluding hydrogens is 338 g/mol. The molecule has 0 spiro atoms. The average molecular weight is 357 g/mol. The fourth-order valence-electron chi connectivity index (χ4n) is 2.26. The van der Waals surface area contributed by atoms with Crippen LogP contribution in [0.4, 0.5) is 4.79 Å². The van der Waals surface area contributed by atoms with Crippen LogP contribution in [-0.4, -0.2) is 44.8 Å². The summed E-state index contributed by atoms with van der Waals surface area (Å²) in [5.74, 6) is -0.826. The van der Waals surface area contributed by atoms with Crippen LogP contribution in [0.5, 0.6) is 0 Å². The van der Waals surface area contributed by atoms with Gasteiger partial charge < -0.3 is 10.1 Å². The van der Waals surface area contributed by atoms with Crippen LogP contribution in [0, 0.1) is 6.92 Å². The first-order valence-electron chi connectivity index (χ1n) is 8.24. The normalized spacial score (nSPS) is 14.4. The van der Waals surface area contributed by atoms with Crippen molar-refractivity contribution in [1.82, 2.24) is 25.4 Å². The number of carbonyl (C=O) groups is 3. The van der Waals surface area contributed by atoms with Gasteiger partial charge in [-0.3, -0.25) is 10.1 Å². The van der Waals surface area contributed by atoms with E-state index in [4.69, 9.17) is 4.74 Å². The van der Waals surface area contributed by atoms with E-state index in [1.54, 1.807) is 31.3 Å². The average Bonchev–Trinajstić information content (AvgIpc) is 3.34. The highest BCUT2D eigenvalue weighted by Gasteiger charge is 2.27. The Labute approximate surface area is 149 Å². The number of urea groups is 1. The van der Waals surface area contributed by atoms with E-state index in [9.17, 15) is 14.4 Å². The molecule has 136 valence electrons. The Hall–Kier alpha value is -3.23. The van der Waals surface area contributed by atoms with E-state index >= 15 is 0 Å². The van der Waals surface area contributed by atoms with E-state index in [1.807, 2.05) is 0 Å². The molecule has 3 amide bonds. The summed E-state index contributed by atoms with van der Waals surface area (Å²) in [6.07, 6.45) is 3.67. The molecule has 2 N–H and O–H groups in total. The van der Waals surface area contributed by atoms with Gasteiger partial charge in [-0.05, 0) is 38.8 Å². The summed E-state index contributed by atoms with van der Waals surface area (Å²) in [7, 11) is 0. The van der Waals surface area contributed by atoms with Crippen molar-refractivity contribution < 1.29 is 19.1 Å². The molecule has 0 saturated heterocycles. The maximum Gasteiger partial charge on any atom is 0.342 e. The maximum atomic E-state index is 12.3. The Balaban J connectivity index is 1.61. The van der Waals surface area contributed by atoms with Crippen LogP contribution in [0.25, 0.3) is 5.82 Å². The van der Waals surface area contributed by atoms with Gasteiger partial charge in [0.05, 0.1) is 11.9 Å². The molecule has 1 fully saturated rings. The number of hydrogen-bond acceptors (Lipinski definition) is 6. The number of aromatic nitrogens is 3. The van der Waals surface area contributed by atoms with Crippen LogP contribution in [0.2, 0.25) is 0 Å². The SMILES string of the molecule is Cc1c(C(=O)OC(C)C(=O)NC(=O)NC2CC2)cnn1-c1ccccn1. The molecule has 0 aliphatic heterocycles. The summed E-state index contributed by atoms with van der Waals surface area (Å²) in [4.78, 5) is 40.0. The van der Waals surface area contributed by atoms with Crippen molar-refractivity contribution in [3.63, 3.8) is 0 Å². The Morgan fingerprint density at radius 2 is 2.08 bits per heavy atom. The fourth-order valence-corrected chi connectivity index (χ4v) is 2.26. The summed E-state index contributed by atoms with van der Waals surface area (Å²) in [5, 5.41) is 8.92. The van der Waals surface area contributed by atoms with Crippen molar-refractivity contribution >= 4 is 17.9 Å². The van der Waals surface area contributed by atoms with Crippen LogP contribution in [-0.2, 0) is 9.53 Å². The number of imide groups is 1. The van der Waals surface area contributed by atoms with Gasteiger partial charge in [-0.25, -0.2) is 19.3 Å². The molecule has 9 heteroatoms. The minimum absolute atomic E-state index is 0.126. The van der Waals surface area contributed by atoms with Gasteiger partial charge in [0.15, 0.2) is 11.9 Å². The third-order valence-corrected chi connectivity index (χ3v) is 3.90. The van der Waals surface area contributed by atoms with Crippen molar-refractivity contribution in [2.45, 2.75) is 38.8 Å². The molecule has 3 rings (SSSR count). The number of carbonyl (C=O) groups excluding carboxylic acids is 3.